The number of nitrogens with one attached hydrogen (secondary N) is 2. The first-order chi connectivity index (χ1) is 11.5. The average Bonchev–Trinajstić information content (AvgIpc) is 2.58. The molecule has 0 bridgehead atoms. The maximum Gasteiger partial charge on any atom is 0.329 e. The molecule has 2 aromatic rings. The van der Waals surface area contributed by atoms with Gasteiger partial charge in [-0.25, -0.2) is 5.43 Å². The van der Waals surface area contributed by atoms with Gasteiger partial charge in [0.25, 0.3) is 0 Å². The number of amides is 2. The fourth-order valence-corrected chi connectivity index (χ4v) is 2.42. The third kappa shape index (κ3) is 4.81. The maximum absolute atomic E-state index is 11.9. The van der Waals surface area contributed by atoms with Gasteiger partial charge in [0.2, 0.25) is 0 Å². The van der Waals surface area contributed by atoms with Crippen molar-refractivity contribution in [2.24, 2.45) is 5.10 Å². The molecule has 2 aromatic carbocycles. The number of hydrogen-bond acceptors (Lipinski definition) is 3. The SMILES string of the molecule is C[C@@H](NC(=O)C(=O)N/N=C\c1c(Cl)cccc1Cl)c1ccccc1. The van der Waals surface area contributed by atoms with Crippen molar-refractivity contribution < 1.29 is 9.59 Å². The number of carbonyl (C=O) groups is 2. The molecule has 7 heteroatoms. The van der Waals surface area contributed by atoms with Crippen LogP contribution < -0.4 is 10.7 Å². The normalized spacial score (nSPS) is 12.0. The van der Waals surface area contributed by atoms with Gasteiger partial charge >= 0.3 is 11.8 Å². The van der Waals surface area contributed by atoms with E-state index >= 15 is 0 Å². The molecule has 0 spiro atoms. The fraction of sp³-hybridized carbons (Fsp3) is 0.118. The largest absolute Gasteiger partial charge is 0.341 e. The molecular weight excluding hydrogens is 349 g/mol. The molecule has 24 heavy (non-hydrogen) atoms. The van der Waals surface area contributed by atoms with Crippen molar-refractivity contribution in [3.05, 3.63) is 69.7 Å². The molecule has 0 radical (unpaired) electrons. The van der Waals surface area contributed by atoms with Crippen LogP contribution in [0.5, 0.6) is 0 Å². The molecule has 0 saturated heterocycles. The summed E-state index contributed by atoms with van der Waals surface area (Å²) in [7, 11) is 0. The third-order valence-corrected chi connectivity index (χ3v) is 3.87. The number of benzene rings is 2. The van der Waals surface area contributed by atoms with Crippen LogP contribution in [0.25, 0.3) is 0 Å². The van der Waals surface area contributed by atoms with E-state index in [-0.39, 0.29) is 6.04 Å². The van der Waals surface area contributed by atoms with Gasteiger partial charge in [-0.3, -0.25) is 9.59 Å². The number of halogens is 2. The Labute approximate surface area is 149 Å². The van der Waals surface area contributed by atoms with Crippen molar-refractivity contribution in [2.75, 3.05) is 0 Å². The lowest BCUT2D eigenvalue weighted by Gasteiger charge is -2.13. The van der Waals surface area contributed by atoms with Crippen LogP contribution in [-0.4, -0.2) is 18.0 Å². The summed E-state index contributed by atoms with van der Waals surface area (Å²) in [5.74, 6) is -1.66. The number of rotatable bonds is 4. The topological polar surface area (TPSA) is 70.6 Å². The van der Waals surface area contributed by atoms with Crippen LogP contribution in [0.15, 0.2) is 53.6 Å². The van der Waals surface area contributed by atoms with Gasteiger partial charge in [0.15, 0.2) is 0 Å². The average molecular weight is 364 g/mol. The molecule has 0 aliphatic carbocycles. The molecular formula is C17H15Cl2N3O2. The van der Waals surface area contributed by atoms with E-state index in [0.717, 1.165) is 5.56 Å². The molecule has 0 saturated carbocycles. The van der Waals surface area contributed by atoms with Gasteiger partial charge in [0.05, 0.1) is 22.3 Å². The zero-order chi connectivity index (χ0) is 17.5. The third-order valence-electron chi connectivity index (χ3n) is 3.21. The van der Waals surface area contributed by atoms with E-state index in [2.05, 4.69) is 15.8 Å². The van der Waals surface area contributed by atoms with Gasteiger partial charge in [-0.1, -0.05) is 59.6 Å². The molecule has 5 nitrogen and oxygen atoms in total. The first kappa shape index (κ1) is 18.0. The second-order valence-electron chi connectivity index (χ2n) is 4.94. The molecule has 0 fully saturated rings. The highest BCUT2D eigenvalue weighted by atomic mass is 35.5. The highest BCUT2D eigenvalue weighted by Crippen LogP contribution is 2.21. The van der Waals surface area contributed by atoms with E-state index in [4.69, 9.17) is 23.2 Å². The molecule has 0 unspecified atom stereocenters. The molecule has 2 N–H and O–H groups in total. The summed E-state index contributed by atoms with van der Waals surface area (Å²) in [6.07, 6.45) is 1.29. The van der Waals surface area contributed by atoms with Gasteiger partial charge in [-0.2, -0.15) is 5.10 Å². The Bertz CT molecular complexity index is 743. The Morgan fingerprint density at radius 2 is 1.62 bits per heavy atom. The zero-order valence-corrected chi connectivity index (χ0v) is 14.3. The monoisotopic (exact) mass is 363 g/mol. The van der Waals surface area contributed by atoms with Crippen LogP contribution in [0.3, 0.4) is 0 Å². The van der Waals surface area contributed by atoms with Crippen molar-refractivity contribution in [1.82, 2.24) is 10.7 Å². The van der Waals surface area contributed by atoms with Crippen LogP contribution in [-0.2, 0) is 9.59 Å². The van der Waals surface area contributed by atoms with E-state index < -0.39 is 11.8 Å². The highest BCUT2D eigenvalue weighted by Gasteiger charge is 2.16. The van der Waals surface area contributed by atoms with E-state index in [1.165, 1.54) is 6.21 Å². The number of hydrogen-bond donors (Lipinski definition) is 2. The Balaban J connectivity index is 1.92. The lowest BCUT2D eigenvalue weighted by molar-refractivity contribution is -0.139. The van der Waals surface area contributed by atoms with E-state index in [9.17, 15) is 9.59 Å². The number of carbonyl (C=O) groups excluding carboxylic acids is 2. The summed E-state index contributed by atoms with van der Waals surface area (Å²) < 4.78 is 0. The lowest BCUT2D eigenvalue weighted by Crippen LogP contribution is -2.39. The minimum atomic E-state index is -0.878. The predicted octanol–water partition coefficient (Wildman–Crippen LogP) is 3.32. The molecule has 0 heterocycles. The first-order valence-corrected chi connectivity index (χ1v) is 7.87. The molecule has 0 aliphatic heterocycles. The highest BCUT2D eigenvalue weighted by molar-refractivity contribution is 6.38. The number of nitrogens with zero attached hydrogens (tertiary/aromatic N) is 1. The zero-order valence-electron chi connectivity index (χ0n) is 12.8. The van der Waals surface area contributed by atoms with Crippen LogP contribution in [0, 0.1) is 0 Å². The Kier molecular flexibility index (Phi) is 6.35. The summed E-state index contributed by atoms with van der Waals surface area (Å²) in [6, 6.07) is 14.0. The molecule has 0 aromatic heterocycles. The number of hydrazone groups is 1. The predicted molar refractivity (Wildman–Crippen MR) is 95.2 cm³/mol. The first-order valence-electron chi connectivity index (χ1n) is 7.12. The minimum absolute atomic E-state index is 0.300. The maximum atomic E-state index is 11.9. The van der Waals surface area contributed by atoms with Crippen LogP contribution in [0.2, 0.25) is 10.0 Å². The molecule has 0 aliphatic rings. The summed E-state index contributed by atoms with van der Waals surface area (Å²) in [5, 5.41) is 7.08. The molecule has 124 valence electrons. The van der Waals surface area contributed by atoms with E-state index in [0.29, 0.717) is 15.6 Å². The van der Waals surface area contributed by atoms with E-state index in [1.54, 1.807) is 25.1 Å². The van der Waals surface area contributed by atoms with Crippen molar-refractivity contribution in [3.8, 4) is 0 Å². The standard InChI is InChI=1S/C17H15Cl2N3O2/c1-11(12-6-3-2-4-7-12)21-16(23)17(24)22-20-10-13-14(18)8-5-9-15(13)19/h2-11H,1H3,(H,21,23)(H,22,24)/b20-10-/t11-/m1/s1. The van der Waals surface area contributed by atoms with Crippen LogP contribution >= 0.6 is 23.2 Å². The summed E-state index contributed by atoms with van der Waals surface area (Å²) in [4.78, 5) is 23.6. The lowest BCUT2D eigenvalue weighted by atomic mass is 10.1. The van der Waals surface area contributed by atoms with Gasteiger partial charge in [-0.05, 0) is 24.6 Å². The molecule has 2 rings (SSSR count). The molecule has 1 atom stereocenters. The minimum Gasteiger partial charge on any atom is -0.341 e. The van der Waals surface area contributed by atoms with Crippen molar-refractivity contribution in [2.45, 2.75) is 13.0 Å². The van der Waals surface area contributed by atoms with Gasteiger partial charge in [-0.15, -0.1) is 0 Å². The Morgan fingerprint density at radius 1 is 1.00 bits per heavy atom. The van der Waals surface area contributed by atoms with Crippen molar-refractivity contribution in [1.29, 1.82) is 0 Å². The Hall–Kier alpha value is -2.37. The second-order valence-corrected chi connectivity index (χ2v) is 5.75. The van der Waals surface area contributed by atoms with Gasteiger partial charge < -0.3 is 5.32 Å². The van der Waals surface area contributed by atoms with Crippen LogP contribution in [0.4, 0.5) is 0 Å². The second kappa shape index (κ2) is 8.47. The van der Waals surface area contributed by atoms with Gasteiger partial charge in [0.1, 0.15) is 0 Å². The fourth-order valence-electron chi connectivity index (χ4n) is 1.93. The van der Waals surface area contributed by atoms with E-state index in [1.807, 2.05) is 30.3 Å². The van der Waals surface area contributed by atoms with Crippen molar-refractivity contribution in [3.63, 3.8) is 0 Å². The quantitative estimate of drug-likeness (QED) is 0.496. The smallest absolute Gasteiger partial charge is 0.329 e. The van der Waals surface area contributed by atoms with Crippen molar-refractivity contribution >= 4 is 41.2 Å². The summed E-state index contributed by atoms with van der Waals surface area (Å²) >= 11 is 12.0. The molecule has 2 amide bonds. The summed E-state index contributed by atoms with van der Waals surface area (Å²) in [5.41, 5.74) is 3.49. The van der Waals surface area contributed by atoms with Crippen LogP contribution in [0.1, 0.15) is 24.1 Å². The summed E-state index contributed by atoms with van der Waals surface area (Å²) in [6.45, 7) is 1.79. The van der Waals surface area contributed by atoms with Gasteiger partial charge in [0, 0.05) is 5.56 Å². The Morgan fingerprint density at radius 3 is 2.25 bits per heavy atom.